The molecule has 0 aliphatic carbocycles. The molecular formula is C17H16FN5O3. The summed E-state index contributed by atoms with van der Waals surface area (Å²) in [6, 6.07) is 6.24. The van der Waals surface area contributed by atoms with Crippen LogP contribution in [0.15, 0.2) is 58.5 Å². The quantitative estimate of drug-likeness (QED) is 0.686. The summed E-state index contributed by atoms with van der Waals surface area (Å²) >= 11 is 0. The van der Waals surface area contributed by atoms with E-state index in [-0.39, 0.29) is 6.54 Å². The van der Waals surface area contributed by atoms with Crippen LogP contribution in [0, 0.1) is 5.82 Å². The molecule has 0 aliphatic rings. The van der Waals surface area contributed by atoms with Crippen molar-refractivity contribution in [3.05, 3.63) is 87.0 Å². The molecule has 0 saturated carbocycles. The maximum absolute atomic E-state index is 13.2. The zero-order valence-corrected chi connectivity index (χ0v) is 13.8. The van der Waals surface area contributed by atoms with E-state index < -0.39 is 29.0 Å². The average Bonchev–Trinajstić information content (AvgIpc) is 3.02. The van der Waals surface area contributed by atoms with Crippen molar-refractivity contribution in [2.45, 2.75) is 12.6 Å². The van der Waals surface area contributed by atoms with Crippen molar-refractivity contribution in [3.8, 4) is 0 Å². The van der Waals surface area contributed by atoms with Gasteiger partial charge >= 0.3 is 5.69 Å². The zero-order chi connectivity index (χ0) is 18.7. The molecule has 3 rings (SSSR count). The van der Waals surface area contributed by atoms with Crippen LogP contribution < -0.4 is 16.6 Å². The number of H-pyrrole nitrogens is 1. The molecule has 8 nitrogen and oxygen atoms in total. The molecule has 0 unspecified atom stereocenters. The van der Waals surface area contributed by atoms with E-state index >= 15 is 0 Å². The van der Waals surface area contributed by atoms with Gasteiger partial charge < -0.3 is 9.88 Å². The van der Waals surface area contributed by atoms with Crippen molar-refractivity contribution in [2.24, 2.45) is 7.05 Å². The largest absolute Gasteiger partial charge is 0.341 e. The lowest BCUT2D eigenvalue weighted by molar-refractivity contribution is -0.122. The van der Waals surface area contributed by atoms with Gasteiger partial charge in [0.25, 0.3) is 5.56 Å². The number of hydrogen-bond acceptors (Lipinski definition) is 4. The van der Waals surface area contributed by atoms with E-state index in [4.69, 9.17) is 0 Å². The summed E-state index contributed by atoms with van der Waals surface area (Å²) in [6.45, 7) is -0.280. The highest BCUT2D eigenvalue weighted by Gasteiger charge is 2.21. The lowest BCUT2D eigenvalue weighted by atomic mass is 10.1. The lowest BCUT2D eigenvalue weighted by Crippen LogP contribution is -2.37. The smallest absolute Gasteiger partial charge is 0.328 e. The fourth-order valence-corrected chi connectivity index (χ4v) is 2.54. The Labute approximate surface area is 146 Å². The first-order valence-electron chi connectivity index (χ1n) is 7.76. The molecule has 1 amide bonds. The van der Waals surface area contributed by atoms with Gasteiger partial charge in [0, 0.05) is 31.7 Å². The van der Waals surface area contributed by atoms with Crippen LogP contribution in [0.5, 0.6) is 0 Å². The highest BCUT2D eigenvalue weighted by molar-refractivity contribution is 5.76. The number of benzene rings is 1. The molecule has 26 heavy (non-hydrogen) atoms. The Bertz CT molecular complexity index is 1040. The molecule has 1 aromatic carbocycles. The highest BCUT2D eigenvalue weighted by Crippen LogP contribution is 2.20. The number of aryl methyl sites for hydroxylation is 1. The predicted molar refractivity (Wildman–Crippen MR) is 90.9 cm³/mol. The van der Waals surface area contributed by atoms with Crippen LogP contribution in [0.1, 0.15) is 17.4 Å². The van der Waals surface area contributed by atoms with Gasteiger partial charge in [-0.05, 0) is 17.7 Å². The number of hydrogen-bond donors (Lipinski definition) is 2. The summed E-state index contributed by atoms with van der Waals surface area (Å²) in [5, 5.41) is 2.79. The van der Waals surface area contributed by atoms with Gasteiger partial charge in [0.05, 0.1) is 0 Å². The topological polar surface area (TPSA) is 102 Å². The normalized spacial score (nSPS) is 11.9. The van der Waals surface area contributed by atoms with Crippen LogP contribution in [0.4, 0.5) is 4.39 Å². The number of aromatic amines is 1. The third-order valence-corrected chi connectivity index (χ3v) is 3.84. The summed E-state index contributed by atoms with van der Waals surface area (Å²) in [4.78, 5) is 41.6. The summed E-state index contributed by atoms with van der Waals surface area (Å²) < 4.78 is 16.0. The summed E-state index contributed by atoms with van der Waals surface area (Å²) in [6.07, 6.45) is 4.56. The molecule has 1 atom stereocenters. The average molecular weight is 357 g/mol. The minimum Gasteiger partial charge on any atom is -0.341 e. The van der Waals surface area contributed by atoms with Crippen molar-refractivity contribution < 1.29 is 9.18 Å². The molecule has 3 aromatic rings. The monoisotopic (exact) mass is 357 g/mol. The van der Waals surface area contributed by atoms with E-state index in [1.54, 1.807) is 36.1 Å². The SMILES string of the molecule is Cn1ccnc1[C@@H](NC(=O)Cn1ccc(=O)[nH]c1=O)c1ccc(F)cc1. The van der Waals surface area contributed by atoms with E-state index in [0.29, 0.717) is 11.4 Å². The number of aromatic nitrogens is 4. The fourth-order valence-electron chi connectivity index (χ4n) is 2.54. The Morgan fingerprint density at radius 2 is 1.96 bits per heavy atom. The van der Waals surface area contributed by atoms with Crippen LogP contribution in [0.2, 0.25) is 0 Å². The van der Waals surface area contributed by atoms with E-state index in [0.717, 1.165) is 10.6 Å². The van der Waals surface area contributed by atoms with Crippen LogP contribution in [0.25, 0.3) is 0 Å². The number of carbonyl (C=O) groups excluding carboxylic acids is 1. The number of rotatable bonds is 5. The summed E-state index contributed by atoms with van der Waals surface area (Å²) in [7, 11) is 1.78. The number of nitrogens with zero attached hydrogens (tertiary/aromatic N) is 3. The second-order valence-electron chi connectivity index (χ2n) is 5.69. The predicted octanol–water partition coefficient (Wildman–Crippen LogP) is 0.315. The van der Waals surface area contributed by atoms with Crippen LogP contribution >= 0.6 is 0 Å². The van der Waals surface area contributed by atoms with E-state index in [1.165, 1.54) is 18.3 Å². The molecule has 0 bridgehead atoms. The Kier molecular flexibility index (Phi) is 4.78. The maximum Gasteiger partial charge on any atom is 0.328 e. The minimum absolute atomic E-state index is 0.280. The summed E-state index contributed by atoms with van der Waals surface area (Å²) in [5.74, 6) is -0.297. The molecular weight excluding hydrogens is 341 g/mol. The number of halogens is 1. The van der Waals surface area contributed by atoms with Crippen molar-refractivity contribution in [1.29, 1.82) is 0 Å². The molecule has 2 N–H and O–H groups in total. The Morgan fingerprint density at radius 1 is 1.23 bits per heavy atom. The van der Waals surface area contributed by atoms with Crippen LogP contribution in [-0.4, -0.2) is 25.0 Å². The van der Waals surface area contributed by atoms with E-state index in [2.05, 4.69) is 15.3 Å². The second-order valence-corrected chi connectivity index (χ2v) is 5.69. The van der Waals surface area contributed by atoms with Crippen molar-refractivity contribution >= 4 is 5.91 Å². The van der Waals surface area contributed by atoms with Gasteiger partial charge in [-0.25, -0.2) is 14.2 Å². The van der Waals surface area contributed by atoms with Gasteiger partial charge in [0.1, 0.15) is 24.2 Å². The molecule has 0 saturated heterocycles. The van der Waals surface area contributed by atoms with Gasteiger partial charge in [-0.15, -0.1) is 0 Å². The number of carbonyl (C=O) groups is 1. The molecule has 0 radical (unpaired) electrons. The molecule has 2 heterocycles. The third-order valence-electron chi connectivity index (χ3n) is 3.84. The summed E-state index contributed by atoms with van der Waals surface area (Å²) in [5.41, 5.74) is -0.574. The van der Waals surface area contributed by atoms with Crippen LogP contribution in [-0.2, 0) is 18.4 Å². The van der Waals surface area contributed by atoms with Gasteiger partial charge in [-0.1, -0.05) is 12.1 Å². The van der Waals surface area contributed by atoms with Crippen molar-refractivity contribution in [1.82, 2.24) is 24.4 Å². The number of amides is 1. The lowest BCUT2D eigenvalue weighted by Gasteiger charge is -2.19. The van der Waals surface area contributed by atoms with Gasteiger partial charge in [0.15, 0.2) is 0 Å². The molecule has 2 aromatic heterocycles. The maximum atomic E-state index is 13.2. The van der Waals surface area contributed by atoms with Gasteiger partial charge in [-0.3, -0.25) is 19.1 Å². The fraction of sp³-hybridized carbons (Fsp3) is 0.176. The third kappa shape index (κ3) is 3.77. The Balaban J connectivity index is 1.87. The first-order chi connectivity index (χ1) is 12.4. The molecule has 9 heteroatoms. The van der Waals surface area contributed by atoms with E-state index in [1.807, 2.05) is 0 Å². The van der Waals surface area contributed by atoms with Crippen molar-refractivity contribution in [3.63, 3.8) is 0 Å². The minimum atomic E-state index is -0.678. The molecule has 0 fully saturated rings. The molecule has 0 spiro atoms. The van der Waals surface area contributed by atoms with Gasteiger partial charge in [-0.2, -0.15) is 0 Å². The first-order valence-corrected chi connectivity index (χ1v) is 7.76. The zero-order valence-electron chi connectivity index (χ0n) is 13.8. The van der Waals surface area contributed by atoms with Crippen LogP contribution in [0.3, 0.4) is 0 Å². The molecule has 134 valence electrons. The second kappa shape index (κ2) is 7.18. The molecule has 0 aliphatic heterocycles. The highest BCUT2D eigenvalue weighted by atomic mass is 19.1. The van der Waals surface area contributed by atoms with E-state index in [9.17, 15) is 18.8 Å². The Morgan fingerprint density at radius 3 is 2.58 bits per heavy atom. The van der Waals surface area contributed by atoms with Gasteiger partial charge in [0.2, 0.25) is 5.91 Å². The first kappa shape index (κ1) is 17.3. The number of imidazole rings is 1. The van der Waals surface area contributed by atoms with Crippen molar-refractivity contribution in [2.75, 3.05) is 0 Å². The standard InChI is InChI=1S/C17H16FN5O3/c1-22-9-7-19-16(22)15(11-2-4-12(18)5-3-11)20-14(25)10-23-8-6-13(24)21-17(23)26/h2-9,15H,10H2,1H3,(H,20,25)(H,21,24,26)/t15-/m0/s1. The Hall–Kier alpha value is -3.49. The number of nitrogens with one attached hydrogen (secondary N) is 2.